The normalized spacial score (nSPS) is 28.3. The molecular formula is C24H29FNO3+. The van der Waals surface area contributed by atoms with Crippen LogP contribution in [0.25, 0.3) is 0 Å². The third-order valence-electron chi connectivity index (χ3n) is 6.95. The van der Waals surface area contributed by atoms with Crippen LogP contribution in [-0.4, -0.2) is 48.7 Å². The van der Waals surface area contributed by atoms with Gasteiger partial charge in [0.05, 0.1) is 26.7 Å². The van der Waals surface area contributed by atoms with Gasteiger partial charge in [-0.3, -0.25) is 4.79 Å². The summed E-state index contributed by atoms with van der Waals surface area (Å²) in [4.78, 5) is 12.4. The van der Waals surface area contributed by atoms with Crippen molar-refractivity contribution in [2.45, 2.75) is 31.3 Å². The van der Waals surface area contributed by atoms with Gasteiger partial charge in [-0.15, -0.1) is 0 Å². The van der Waals surface area contributed by atoms with E-state index in [1.54, 1.807) is 19.2 Å². The van der Waals surface area contributed by atoms with Gasteiger partial charge in [0.2, 0.25) is 0 Å². The number of rotatable bonds is 7. The molecule has 154 valence electrons. The van der Waals surface area contributed by atoms with Gasteiger partial charge in [-0.05, 0) is 42.0 Å². The van der Waals surface area contributed by atoms with E-state index >= 15 is 0 Å². The van der Waals surface area contributed by atoms with E-state index in [0.29, 0.717) is 18.5 Å². The van der Waals surface area contributed by atoms with Crippen LogP contribution in [-0.2, 0) is 5.60 Å². The van der Waals surface area contributed by atoms with Gasteiger partial charge >= 0.3 is 0 Å². The molecule has 2 aromatic carbocycles. The molecular weight excluding hydrogens is 369 g/mol. The summed E-state index contributed by atoms with van der Waals surface area (Å²) >= 11 is 0. The minimum atomic E-state index is -0.816. The maximum absolute atomic E-state index is 13.1. The van der Waals surface area contributed by atoms with Crippen LogP contribution < -0.4 is 4.74 Å². The molecule has 5 heteroatoms. The Balaban J connectivity index is 1.42. The molecule has 5 rings (SSSR count). The number of Topliss-reactive ketones (excluding diaryl/α,β-unsaturated/α-hetero) is 1. The third kappa shape index (κ3) is 3.94. The summed E-state index contributed by atoms with van der Waals surface area (Å²) in [6.45, 7) is 3.72. The van der Waals surface area contributed by atoms with Crippen LogP contribution in [0.2, 0.25) is 0 Å². The third-order valence-corrected chi connectivity index (χ3v) is 6.95. The molecule has 0 unspecified atom stereocenters. The molecule has 3 fully saturated rings. The summed E-state index contributed by atoms with van der Waals surface area (Å²) in [6, 6.07) is 13.6. The minimum absolute atomic E-state index is 0.0560. The fourth-order valence-corrected chi connectivity index (χ4v) is 5.26. The van der Waals surface area contributed by atoms with E-state index in [0.717, 1.165) is 54.7 Å². The van der Waals surface area contributed by atoms with E-state index in [2.05, 4.69) is 0 Å². The Kier molecular flexibility index (Phi) is 5.45. The molecule has 0 aliphatic carbocycles. The van der Waals surface area contributed by atoms with Crippen molar-refractivity contribution in [2.24, 2.45) is 5.92 Å². The van der Waals surface area contributed by atoms with Crippen LogP contribution >= 0.6 is 0 Å². The largest absolute Gasteiger partial charge is 0.497 e. The van der Waals surface area contributed by atoms with Crippen molar-refractivity contribution in [1.29, 1.82) is 0 Å². The second kappa shape index (κ2) is 7.88. The molecule has 3 saturated heterocycles. The summed E-state index contributed by atoms with van der Waals surface area (Å²) in [5.74, 6) is 0.813. The molecule has 0 saturated carbocycles. The Bertz CT molecular complexity index is 857. The number of ketones is 1. The summed E-state index contributed by atoms with van der Waals surface area (Å²) in [6.07, 6.45) is 3.25. The number of ether oxygens (including phenoxy) is 1. The lowest BCUT2D eigenvalue weighted by molar-refractivity contribution is -0.952. The smallest absolute Gasteiger partial charge is 0.163 e. The monoisotopic (exact) mass is 398 g/mol. The van der Waals surface area contributed by atoms with Crippen molar-refractivity contribution in [1.82, 2.24) is 0 Å². The SMILES string of the molecule is COc1ccc([C@@]2(O)C[N+]3(CCCC(=O)c4ccc(F)cc4)CCC2CC3)cc1. The molecule has 3 aliphatic rings. The molecule has 1 N–H and O–H groups in total. The number of hydrogen-bond donors (Lipinski definition) is 1. The van der Waals surface area contributed by atoms with Gasteiger partial charge in [-0.25, -0.2) is 4.39 Å². The van der Waals surface area contributed by atoms with Gasteiger partial charge in [-0.2, -0.15) is 0 Å². The van der Waals surface area contributed by atoms with Crippen LogP contribution in [0.3, 0.4) is 0 Å². The highest BCUT2D eigenvalue weighted by atomic mass is 19.1. The molecule has 29 heavy (non-hydrogen) atoms. The maximum Gasteiger partial charge on any atom is 0.163 e. The molecule has 3 heterocycles. The lowest BCUT2D eigenvalue weighted by atomic mass is 9.70. The summed E-state index contributed by atoms with van der Waals surface area (Å²) in [5, 5.41) is 11.6. The number of piperidine rings is 3. The van der Waals surface area contributed by atoms with Gasteiger partial charge in [-0.1, -0.05) is 12.1 Å². The second-order valence-electron chi connectivity index (χ2n) is 8.63. The number of hydrogen-bond acceptors (Lipinski definition) is 3. The van der Waals surface area contributed by atoms with Gasteiger partial charge < -0.3 is 14.3 Å². The number of fused-ring (bicyclic) bond motifs is 3. The Morgan fingerprint density at radius 3 is 2.41 bits per heavy atom. The fourth-order valence-electron chi connectivity index (χ4n) is 5.26. The van der Waals surface area contributed by atoms with Gasteiger partial charge in [0, 0.05) is 37.2 Å². The summed E-state index contributed by atoms with van der Waals surface area (Å²) in [5.41, 5.74) is 0.718. The molecule has 2 aromatic rings. The zero-order valence-electron chi connectivity index (χ0n) is 16.9. The topological polar surface area (TPSA) is 46.5 Å². The van der Waals surface area contributed by atoms with E-state index in [1.807, 2.05) is 24.3 Å². The fraction of sp³-hybridized carbons (Fsp3) is 0.458. The van der Waals surface area contributed by atoms with Crippen LogP contribution in [0.5, 0.6) is 5.75 Å². The van der Waals surface area contributed by atoms with Crippen molar-refractivity contribution in [3.63, 3.8) is 0 Å². The highest BCUT2D eigenvalue weighted by Crippen LogP contribution is 2.46. The zero-order valence-corrected chi connectivity index (χ0v) is 16.9. The lowest BCUT2D eigenvalue weighted by Gasteiger charge is -2.56. The molecule has 0 radical (unpaired) electrons. The second-order valence-corrected chi connectivity index (χ2v) is 8.63. The van der Waals surface area contributed by atoms with Crippen molar-refractivity contribution >= 4 is 5.78 Å². The van der Waals surface area contributed by atoms with E-state index < -0.39 is 5.60 Å². The number of carbonyl (C=O) groups is 1. The quantitative estimate of drug-likeness (QED) is 0.568. The average molecular weight is 398 g/mol. The van der Waals surface area contributed by atoms with Crippen LogP contribution in [0.1, 0.15) is 41.6 Å². The van der Waals surface area contributed by atoms with E-state index in [4.69, 9.17) is 4.74 Å². The Hall–Kier alpha value is -2.24. The number of benzene rings is 2. The average Bonchev–Trinajstić information content (AvgIpc) is 2.74. The van der Waals surface area contributed by atoms with Crippen molar-refractivity contribution < 1.29 is 23.5 Å². The Morgan fingerprint density at radius 2 is 1.79 bits per heavy atom. The number of aliphatic hydroxyl groups is 1. The number of nitrogens with zero attached hydrogens (tertiary/aromatic N) is 1. The highest BCUT2D eigenvalue weighted by Gasteiger charge is 2.54. The van der Waals surface area contributed by atoms with Gasteiger partial charge in [0.1, 0.15) is 23.7 Å². The summed E-state index contributed by atoms with van der Waals surface area (Å²) < 4.78 is 19.2. The number of methoxy groups -OCH3 is 1. The standard InChI is InChI=1S/C24H29FNO3/c1-29-22-10-6-19(7-11-22)24(28)17-26(15-12-20(24)13-16-26)14-2-3-23(27)18-4-8-21(25)9-5-18/h4-11,20,28H,2-3,12-17H2,1H3/q+1/t20?,24-,26?/m0/s1. The molecule has 2 bridgehead atoms. The molecule has 0 spiro atoms. The molecule has 1 atom stereocenters. The highest BCUT2D eigenvalue weighted by molar-refractivity contribution is 5.95. The summed E-state index contributed by atoms with van der Waals surface area (Å²) in [7, 11) is 1.64. The first-order chi connectivity index (χ1) is 13.9. The maximum atomic E-state index is 13.1. The predicted molar refractivity (Wildman–Crippen MR) is 109 cm³/mol. The predicted octanol–water partition coefficient (Wildman–Crippen LogP) is 3.93. The number of halogens is 1. The van der Waals surface area contributed by atoms with E-state index in [1.165, 1.54) is 12.1 Å². The number of quaternary nitrogens is 1. The molecule has 3 aliphatic heterocycles. The lowest BCUT2D eigenvalue weighted by Crippen LogP contribution is -2.67. The van der Waals surface area contributed by atoms with Gasteiger partial charge in [0.15, 0.2) is 5.78 Å². The Morgan fingerprint density at radius 1 is 1.14 bits per heavy atom. The zero-order chi connectivity index (χ0) is 20.5. The van der Waals surface area contributed by atoms with Gasteiger partial charge in [0.25, 0.3) is 0 Å². The van der Waals surface area contributed by atoms with E-state index in [-0.39, 0.29) is 17.5 Å². The van der Waals surface area contributed by atoms with Crippen LogP contribution in [0, 0.1) is 11.7 Å². The van der Waals surface area contributed by atoms with Crippen LogP contribution in [0.4, 0.5) is 4.39 Å². The molecule has 0 amide bonds. The Labute approximate surface area is 171 Å². The first-order valence-corrected chi connectivity index (χ1v) is 10.4. The first kappa shape index (κ1) is 20.0. The van der Waals surface area contributed by atoms with E-state index in [9.17, 15) is 14.3 Å². The molecule has 0 aromatic heterocycles. The first-order valence-electron chi connectivity index (χ1n) is 10.4. The minimum Gasteiger partial charge on any atom is -0.497 e. The van der Waals surface area contributed by atoms with Crippen molar-refractivity contribution in [2.75, 3.05) is 33.3 Å². The van der Waals surface area contributed by atoms with Crippen molar-refractivity contribution in [3.8, 4) is 5.75 Å². The van der Waals surface area contributed by atoms with Crippen molar-refractivity contribution in [3.05, 3.63) is 65.5 Å². The molecule has 4 nitrogen and oxygen atoms in total. The van der Waals surface area contributed by atoms with Crippen LogP contribution in [0.15, 0.2) is 48.5 Å². The number of carbonyl (C=O) groups excluding carboxylic acids is 1.